The average molecular weight is 254 g/mol. The Balaban J connectivity index is 3.07. The molecule has 0 saturated heterocycles. The highest BCUT2D eigenvalue weighted by Gasteiger charge is 2.16. The molecule has 0 heterocycles. The summed E-state index contributed by atoms with van der Waals surface area (Å²) in [5, 5.41) is 9.55. The third-order valence-corrected chi connectivity index (χ3v) is 3.11. The molecule has 1 N–H and O–H groups in total. The van der Waals surface area contributed by atoms with Gasteiger partial charge in [0.2, 0.25) is 5.75 Å². The first-order valence-corrected chi connectivity index (χ1v) is 6.00. The van der Waals surface area contributed by atoms with Gasteiger partial charge in [-0.15, -0.1) is 0 Å². The smallest absolute Gasteiger partial charge is 0.203 e. The second kappa shape index (κ2) is 6.50. The van der Waals surface area contributed by atoms with Gasteiger partial charge < -0.3 is 19.3 Å². The van der Waals surface area contributed by atoms with Gasteiger partial charge in [0.1, 0.15) is 0 Å². The molecule has 0 aliphatic rings. The summed E-state index contributed by atoms with van der Waals surface area (Å²) in [7, 11) is 4.77. The molecule has 0 fully saturated rings. The van der Waals surface area contributed by atoms with Crippen LogP contribution in [0.15, 0.2) is 12.1 Å². The molecule has 4 nitrogen and oxygen atoms in total. The quantitative estimate of drug-likeness (QED) is 0.846. The van der Waals surface area contributed by atoms with Crippen molar-refractivity contribution in [2.75, 3.05) is 21.3 Å². The highest BCUT2D eigenvalue weighted by Crippen LogP contribution is 2.38. The van der Waals surface area contributed by atoms with Gasteiger partial charge in [-0.1, -0.05) is 6.92 Å². The van der Waals surface area contributed by atoms with Gasteiger partial charge in [0.05, 0.1) is 27.4 Å². The van der Waals surface area contributed by atoms with Crippen LogP contribution in [0.5, 0.6) is 17.2 Å². The van der Waals surface area contributed by atoms with Crippen molar-refractivity contribution in [1.82, 2.24) is 0 Å². The highest BCUT2D eigenvalue weighted by molar-refractivity contribution is 5.53. The fourth-order valence-corrected chi connectivity index (χ4v) is 1.80. The molecule has 1 aromatic carbocycles. The van der Waals surface area contributed by atoms with Crippen LogP contribution in [0.4, 0.5) is 0 Å². The molecule has 0 amide bonds. The molecule has 0 aliphatic heterocycles. The SMILES string of the molecule is COc1cc(CC(C)C(C)O)cc(OC)c1OC. The van der Waals surface area contributed by atoms with Gasteiger partial charge in [0, 0.05) is 0 Å². The molecule has 4 heteroatoms. The maximum Gasteiger partial charge on any atom is 0.203 e. The van der Waals surface area contributed by atoms with E-state index in [1.165, 1.54) is 0 Å². The Morgan fingerprint density at radius 3 is 1.83 bits per heavy atom. The lowest BCUT2D eigenvalue weighted by molar-refractivity contribution is 0.135. The van der Waals surface area contributed by atoms with Gasteiger partial charge in [-0.3, -0.25) is 0 Å². The Morgan fingerprint density at radius 2 is 1.50 bits per heavy atom. The summed E-state index contributed by atoms with van der Waals surface area (Å²) < 4.78 is 15.9. The van der Waals surface area contributed by atoms with Crippen LogP contribution in [-0.4, -0.2) is 32.5 Å². The Kier molecular flexibility index (Phi) is 5.28. The molecular weight excluding hydrogens is 232 g/mol. The van der Waals surface area contributed by atoms with E-state index < -0.39 is 0 Å². The van der Waals surface area contributed by atoms with E-state index in [-0.39, 0.29) is 12.0 Å². The number of hydrogen-bond donors (Lipinski definition) is 1. The minimum Gasteiger partial charge on any atom is -0.493 e. The van der Waals surface area contributed by atoms with E-state index in [2.05, 4.69) is 0 Å². The highest BCUT2D eigenvalue weighted by atomic mass is 16.5. The molecule has 0 bridgehead atoms. The van der Waals surface area contributed by atoms with Crippen LogP contribution in [0, 0.1) is 5.92 Å². The number of aliphatic hydroxyl groups excluding tert-OH is 1. The molecule has 18 heavy (non-hydrogen) atoms. The van der Waals surface area contributed by atoms with E-state index in [9.17, 15) is 5.11 Å². The summed E-state index contributed by atoms with van der Waals surface area (Å²) >= 11 is 0. The zero-order chi connectivity index (χ0) is 13.7. The number of aliphatic hydroxyl groups is 1. The molecule has 2 unspecified atom stereocenters. The van der Waals surface area contributed by atoms with Crippen molar-refractivity contribution in [2.45, 2.75) is 26.4 Å². The maximum atomic E-state index is 9.55. The van der Waals surface area contributed by atoms with E-state index in [0.717, 1.165) is 12.0 Å². The molecule has 0 aromatic heterocycles. The lowest BCUT2D eigenvalue weighted by Gasteiger charge is -2.17. The van der Waals surface area contributed by atoms with Crippen molar-refractivity contribution in [2.24, 2.45) is 5.92 Å². The second-order valence-electron chi connectivity index (χ2n) is 4.46. The summed E-state index contributed by atoms with van der Waals surface area (Å²) in [5.74, 6) is 2.05. The number of hydrogen-bond acceptors (Lipinski definition) is 4. The summed E-state index contributed by atoms with van der Waals surface area (Å²) in [6.45, 7) is 3.80. The van der Waals surface area contributed by atoms with Crippen LogP contribution >= 0.6 is 0 Å². The molecule has 102 valence electrons. The summed E-state index contributed by atoms with van der Waals surface area (Å²) in [4.78, 5) is 0. The van der Waals surface area contributed by atoms with E-state index in [0.29, 0.717) is 17.2 Å². The molecule has 0 spiro atoms. The van der Waals surface area contributed by atoms with E-state index in [1.54, 1.807) is 28.3 Å². The lowest BCUT2D eigenvalue weighted by atomic mass is 9.96. The van der Waals surface area contributed by atoms with Crippen LogP contribution in [0.1, 0.15) is 19.4 Å². The maximum absolute atomic E-state index is 9.55. The Morgan fingerprint density at radius 1 is 1.00 bits per heavy atom. The van der Waals surface area contributed by atoms with Crippen molar-refractivity contribution in [3.63, 3.8) is 0 Å². The summed E-state index contributed by atoms with van der Waals surface area (Å²) in [6.07, 6.45) is 0.415. The first-order valence-electron chi connectivity index (χ1n) is 6.00. The standard InChI is InChI=1S/C14H22O4/c1-9(10(2)15)6-11-7-12(16-3)14(18-5)13(8-11)17-4/h7-10,15H,6H2,1-5H3. The van der Waals surface area contributed by atoms with Gasteiger partial charge >= 0.3 is 0 Å². The third-order valence-electron chi connectivity index (χ3n) is 3.11. The molecule has 0 radical (unpaired) electrons. The van der Waals surface area contributed by atoms with Crippen LogP contribution in [0.25, 0.3) is 0 Å². The Bertz CT molecular complexity index is 362. The predicted octanol–water partition coefficient (Wildman–Crippen LogP) is 2.27. The molecule has 1 rings (SSSR count). The molecule has 0 saturated carbocycles. The number of ether oxygens (including phenoxy) is 3. The zero-order valence-electron chi connectivity index (χ0n) is 11.7. The monoisotopic (exact) mass is 254 g/mol. The fraction of sp³-hybridized carbons (Fsp3) is 0.571. The van der Waals surface area contributed by atoms with Gasteiger partial charge in [-0.2, -0.15) is 0 Å². The fourth-order valence-electron chi connectivity index (χ4n) is 1.80. The average Bonchev–Trinajstić information content (AvgIpc) is 2.37. The normalized spacial score (nSPS) is 13.9. The first kappa shape index (κ1) is 14.6. The van der Waals surface area contributed by atoms with Crippen LogP contribution in [-0.2, 0) is 6.42 Å². The largest absolute Gasteiger partial charge is 0.493 e. The van der Waals surface area contributed by atoms with Crippen molar-refractivity contribution >= 4 is 0 Å². The van der Waals surface area contributed by atoms with Crippen molar-refractivity contribution in [3.8, 4) is 17.2 Å². The van der Waals surface area contributed by atoms with Crippen LogP contribution in [0.2, 0.25) is 0 Å². The first-order chi connectivity index (χ1) is 8.53. The van der Waals surface area contributed by atoms with E-state index in [4.69, 9.17) is 14.2 Å². The lowest BCUT2D eigenvalue weighted by Crippen LogP contribution is -2.15. The van der Waals surface area contributed by atoms with Gasteiger partial charge in [0.15, 0.2) is 11.5 Å². The number of methoxy groups -OCH3 is 3. The zero-order valence-corrected chi connectivity index (χ0v) is 11.7. The molecule has 2 atom stereocenters. The van der Waals surface area contributed by atoms with E-state index in [1.807, 2.05) is 19.1 Å². The Hall–Kier alpha value is -1.42. The van der Waals surface area contributed by atoms with Gasteiger partial charge in [-0.25, -0.2) is 0 Å². The van der Waals surface area contributed by atoms with Crippen LogP contribution < -0.4 is 14.2 Å². The minimum absolute atomic E-state index is 0.174. The third kappa shape index (κ3) is 3.29. The topological polar surface area (TPSA) is 47.9 Å². The van der Waals surface area contributed by atoms with Crippen molar-refractivity contribution in [3.05, 3.63) is 17.7 Å². The Labute approximate surface area is 108 Å². The van der Waals surface area contributed by atoms with Gasteiger partial charge in [0.25, 0.3) is 0 Å². The molecule has 1 aromatic rings. The summed E-state index contributed by atoms with van der Waals surface area (Å²) in [5.41, 5.74) is 1.05. The molecule has 0 aliphatic carbocycles. The van der Waals surface area contributed by atoms with E-state index >= 15 is 0 Å². The van der Waals surface area contributed by atoms with Crippen molar-refractivity contribution in [1.29, 1.82) is 0 Å². The second-order valence-corrected chi connectivity index (χ2v) is 4.46. The number of benzene rings is 1. The number of rotatable bonds is 6. The minimum atomic E-state index is -0.343. The van der Waals surface area contributed by atoms with Gasteiger partial charge in [-0.05, 0) is 37.0 Å². The van der Waals surface area contributed by atoms with Crippen LogP contribution in [0.3, 0.4) is 0 Å². The van der Waals surface area contributed by atoms with Crippen molar-refractivity contribution < 1.29 is 19.3 Å². The summed E-state index contributed by atoms with van der Waals surface area (Å²) in [6, 6.07) is 3.83. The predicted molar refractivity (Wildman–Crippen MR) is 70.6 cm³/mol. The molecular formula is C14H22O4.